The first-order chi connectivity index (χ1) is 9.22. The topological polar surface area (TPSA) is 56.5 Å². The Labute approximate surface area is 119 Å². The minimum absolute atomic E-state index is 0.759. The third kappa shape index (κ3) is 1.99. The predicted molar refractivity (Wildman–Crippen MR) is 81.1 cm³/mol. The molecule has 0 spiro atoms. The summed E-state index contributed by atoms with van der Waals surface area (Å²) >= 11 is 3.65. The van der Waals surface area contributed by atoms with Crippen molar-refractivity contribution in [3.05, 3.63) is 40.1 Å². The molecule has 0 radical (unpaired) electrons. The number of benzene rings is 1. The van der Waals surface area contributed by atoms with Gasteiger partial charge in [0.1, 0.15) is 5.69 Å². The predicted octanol–water partition coefficient (Wildman–Crippen LogP) is 3.35. The maximum atomic E-state index is 4.46. The highest BCUT2D eigenvalue weighted by Crippen LogP contribution is 2.36. The van der Waals surface area contributed by atoms with Crippen molar-refractivity contribution in [3.8, 4) is 11.3 Å². The van der Waals surface area contributed by atoms with E-state index < -0.39 is 0 Å². The molecule has 0 atom stereocenters. The summed E-state index contributed by atoms with van der Waals surface area (Å²) in [6.45, 7) is 2.84. The van der Waals surface area contributed by atoms with E-state index in [2.05, 4.69) is 55.5 Å². The largest absolute Gasteiger partial charge is 0.358 e. The number of aromatic nitrogens is 3. The Bertz CT molecular complexity index is 726. The number of fused-ring (bicyclic) bond motifs is 1. The zero-order valence-electron chi connectivity index (χ0n) is 10.8. The first-order valence-corrected chi connectivity index (χ1v) is 6.96. The second kappa shape index (κ2) is 4.83. The molecule has 19 heavy (non-hydrogen) atoms. The highest BCUT2D eigenvalue weighted by Gasteiger charge is 2.17. The molecular weight excluding hydrogens is 304 g/mol. The number of nitrogens with one attached hydrogen (secondary N) is 3. The van der Waals surface area contributed by atoms with Crippen LogP contribution in [0.5, 0.6) is 0 Å². The third-order valence-electron chi connectivity index (χ3n) is 3.26. The van der Waals surface area contributed by atoms with E-state index in [0.717, 1.165) is 39.2 Å². The van der Waals surface area contributed by atoms with Crippen molar-refractivity contribution in [1.29, 1.82) is 0 Å². The van der Waals surface area contributed by atoms with Crippen molar-refractivity contribution in [2.75, 3.05) is 7.05 Å². The Kier molecular flexibility index (Phi) is 3.16. The van der Waals surface area contributed by atoms with Crippen LogP contribution in [0.2, 0.25) is 0 Å². The van der Waals surface area contributed by atoms with Crippen LogP contribution in [0.1, 0.15) is 11.4 Å². The SMILES string of the molecule is CNCc1[nH]nc(-c2c(C)[nH]c3ccccc23)c1Br. The van der Waals surface area contributed by atoms with Crippen LogP contribution in [0.25, 0.3) is 22.2 Å². The molecule has 5 heteroatoms. The molecule has 1 aromatic carbocycles. The lowest BCUT2D eigenvalue weighted by molar-refractivity contribution is 0.781. The molecule has 0 saturated heterocycles. The highest BCUT2D eigenvalue weighted by molar-refractivity contribution is 9.10. The Morgan fingerprint density at radius 2 is 2.11 bits per heavy atom. The number of rotatable bonds is 3. The highest BCUT2D eigenvalue weighted by atomic mass is 79.9. The molecule has 3 aromatic rings. The van der Waals surface area contributed by atoms with Gasteiger partial charge in [0.25, 0.3) is 0 Å². The fourth-order valence-electron chi connectivity index (χ4n) is 2.41. The van der Waals surface area contributed by atoms with Crippen LogP contribution in [0, 0.1) is 6.92 Å². The molecule has 98 valence electrons. The van der Waals surface area contributed by atoms with Gasteiger partial charge in [0, 0.05) is 28.7 Å². The minimum Gasteiger partial charge on any atom is -0.358 e. The monoisotopic (exact) mass is 318 g/mol. The first kappa shape index (κ1) is 12.4. The van der Waals surface area contributed by atoms with Gasteiger partial charge in [0.15, 0.2) is 0 Å². The number of H-pyrrole nitrogens is 2. The summed E-state index contributed by atoms with van der Waals surface area (Å²) in [5.41, 5.74) is 5.44. The van der Waals surface area contributed by atoms with E-state index in [1.807, 2.05) is 19.2 Å². The Morgan fingerprint density at radius 1 is 1.32 bits per heavy atom. The zero-order chi connectivity index (χ0) is 13.4. The normalized spacial score (nSPS) is 11.3. The summed E-state index contributed by atoms with van der Waals surface area (Å²) in [4.78, 5) is 3.40. The zero-order valence-corrected chi connectivity index (χ0v) is 12.4. The van der Waals surface area contributed by atoms with Crippen molar-refractivity contribution in [1.82, 2.24) is 20.5 Å². The number of aryl methyl sites for hydroxylation is 1. The standard InChI is InChI=1S/C14H15BrN4/c1-8-12(9-5-3-4-6-10(9)17-8)14-13(15)11(7-16-2)18-19-14/h3-6,16-17H,7H2,1-2H3,(H,18,19). The van der Waals surface area contributed by atoms with Crippen LogP contribution in [-0.4, -0.2) is 22.2 Å². The van der Waals surface area contributed by atoms with E-state index in [-0.39, 0.29) is 0 Å². The van der Waals surface area contributed by atoms with Crippen molar-refractivity contribution in [3.63, 3.8) is 0 Å². The van der Waals surface area contributed by atoms with Gasteiger partial charge in [-0.1, -0.05) is 18.2 Å². The summed E-state index contributed by atoms with van der Waals surface area (Å²) in [5.74, 6) is 0. The van der Waals surface area contributed by atoms with Gasteiger partial charge in [-0.15, -0.1) is 0 Å². The van der Waals surface area contributed by atoms with Crippen LogP contribution < -0.4 is 5.32 Å². The molecule has 3 N–H and O–H groups in total. The molecule has 0 saturated carbocycles. The number of halogens is 1. The Morgan fingerprint density at radius 3 is 2.89 bits per heavy atom. The van der Waals surface area contributed by atoms with E-state index in [0.29, 0.717) is 0 Å². The van der Waals surface area contributed by atoms with Crippen LogP contribution in [-0.2, 0) is 6.54 Å². The molecule has 0 amide bonds. The third-order valence-corrected chi connectivity index (χ3v) is 4.11. The lowest BCUT2D eigenvalue weighted by atomic mass is 10.1. The van der Waals surface area contributed by atoms with E-state index in [4.69, 9.17) is 0 Å². The number of hydrogen-bond acceptors (Lipinski definition) is 2. The molecule has 0 bridgehead atoms. The lowest BCUT2D eigenvalue weighted by Gasteiger charge is -1.99. The van der Waals surface area contributed by atoms with Gasteiger partial charge in [0.2, 0.25) is 0 Å². The van der Waals surface area contributed by atoms with Gasteiger partial charge in [-0.25, -0.2) is 0 Å². The van der Waals surface area contributed by atoms with Gasteiger partial charge >= 0.3 is 0 Å². The van der Waals surface area contributed by atoms with Gasteiger partial charge in [-0.3, -0.25) is 5.10 Å². The average molecular weight is 319 g/mol. The smallest absolute Gasteiger partial charge is 0.109 e. The quantitative estimate of drug-likeness (QED) is 0.693. The summed E-state index contributed by atoms with van der Waals surface area (Å²) in [6, 6.07) is 8.29. The second-order valence-corrected chi connectivity index (χ2v) is 5.36. The second-order valence-electron chi connectivity index (χ2n) is 4.57. The van der Waals surface area contributed by atoms with Crippen molar-refractivity contribution in [2.45, 2.75) is 13.5 Å². The van der Waals surface area contributed by atoms with Gasteiger partial charge in [0.05, 0.1) is 10.2 Å². The number of aromatic amines is 2. The van der Waals surface area contributed by atoms with E-state index in [1.54, 1.807) is 0 Å². The van der Waals surface area contributed by atoms with Gasteiger partial charge < -0.3 is 10.3 Å². The molecular formula is C14H15BrN4. The van der Waals surface area contributed by atoms with Gasteiger partial charge in [-0.2, -0.15) is 5.10 Å². The summed E-state index contributed by atoms with van der Waals surface area (Å²) < 4.78 is 1.02. The number of hydrogen-bond donors (Lipinski definition) is 3. The molecule has 0 unspecified atom stereocenters. The molecule has 2 heterocycles. The maximum absolute atomic E-state index is 4.46. The van der Waals surface area contributed by atoms with Crippen molar-refractivity contribution in [2.24, 2.45) is 0 Å². The molecule has 0 fully saturated rings. The van der Waals surface area contributed by atoms with Crippen molar-refractivity contribution >= 4 is 26.8 Å². The Balaban J connectivity index is 2.22. The van der Waals surface area contributed by atoms with Gasteiger partial charge in [-0.05, 0) is 36.0 Å². The molecule has 4 nitrogen and oxygen atoms in total. The molecule has 0 aliphatic rings. The molecule has 0 aliphatic carbocycles. The summed E-state index contributed by atoms with van der Waals surface area (Å²) in [5, 5.41) is 11.9. The fraction of sp³-hybridized carbons (Fsp3) is 0.214. The number of nitrogens with zero attached hydrogens (tertiary/aromatic N) is 1. The lowest BCUT2D eigenvalue weighted by Crippen LogP contribution is -2.05. The van der Waals surface area contributed by atoms with Crippen molar-refractivity contribution < 1.29 is 0 Å². The first-order valence-electron chi connectivity index (χ1n) is 6.17. The molecule has 3 rings (SSSR count). The van der Waals surface area contributed by atoms with E-state index in [9.17, 15) is 0 Å². The maximum Gasteiger partial charge on any atom is 0.109 e. The average Bonchev–Trinajstić information content (AvgIpc) is 2.91. The van der Waals surface area contributed by atoms with Crippen LogP contribution in [0.15, 0.2) is 28.7 Å². The molecule has 0 aliphatic heterocycles. The van der Waals surface area contributed by atoms with E-state index >= 15 is 0 Å². The fourth-order valence-corrected chi connectivity index (χ4v) is 2.92. The summed E-state index contributed by atoms with van der Waals surface area (Å²) in [6.07, 6.45) is 0. The van der Waals surface area contributed by atoms with Crippen LogP contribution in [0.3, 0.4) is 0 Å². The van der Waals surface area contributed by atoms with Crippen LogP contribution in [0.4, 0.5) is 0 Å². The Hall–Kier alpha value is -1.59. The number of para-hydroxylation sites is 1. The molecule has 2 aromatic heterocycles. The van der Waals surface area contributed by atoms with Crippen LogP contribution >= 0.6 is 15.9 Å². The minimum atomic E-state index is 0.759. The summed E-state index contributed by atoms with van der Waals surface area (Å²) in [7, 11) is 1.92. The van der Waals surface area contributed by atoms with E-state index in [1.165, 1.54) is 5.39 Å².